The second kappa shape index (κ2) is 10.5. The maximum atomic E-state index is 11.8. The second-order valence-electron chi connectivity index (χ2n) is 6.23. The SMILES string of the molecule is Cc1ccc(NCC(=O)NNC(=O)CNC(=O)/C=C/c2ccccc2)c(C)c1. The first-order chi connectivity index (χ1) is 13.4. The molecule has 0 radical (unpaired) electrons. The van der Waals surface area contributed by atoms with Crippen LogP contribution in [0.15, 0.2) is 54.6 Å². The molecule has 0 atom stereocenters. The van der Waals surface area contributed by atoms with E-state index in [1.165, 1.54) is 6.08 Å². The van der Waals surface area contributed by atoms with Gasteiger partial charge in [0.25, 0.3) is 11.8 Å². The normalized spacial score (nSPS) is 10.4. The molecule has 0 aliphatic heterocycles. The zero-order valence-electron chi connectivity index (χ0n) is 15.9. The number of nitrogens with one attached hydrogen (secondary N) is 4. The quantitative estimate of drug-likeness (QED) is 0.434. The molecule has 0 aromatic heterocycles. The molecule has 3 amide bonds. The Morgan fingerprint density at radius 1 is 0.893 bits per heavy atom. The van der Waals surface area contributed by atoms with Crippen molar-refractivity contribution in [2.45, 2.75) is 13.8 Å². The van der Waals surface area contributed by atoms with Gasteiger partial charge < -0.3 is 10.6 Å². The number of rotatable bonds is 7. The molecule has 2 aromatic rings. The second-order valence-corrected chi connectivity index (χ2v) is 6.23. The van der Waals surface area contributed by atoms with E-state index in [0.29, 0.717) is 0 Å². The van der Waals surface area contributed by atoms with Gasteiger partial charge in [0.15, 0.2) is 0 Å². The highest BCUT2D eigenvalue weighted by molar-refractivity contribution is 5.94. The topological polar surface area (TPSA) is 99.3 Å². The summed E-state index contributed by atoms with van der Waals surface area (Å²) < 4.78 is 0. The predicted molar refractivity (Wildman–Crippen MR) is 109 cm³/mol. The molecule has 7 nitrogen and oxygen atoms in total. The lowest BCUT2D eigenvalue weighted by molar-refractivity contribution is -0.128. The van der Waals surface area contributed by atoms with Crippen LogP contribution in [-0.2, 0) is 14.4 Å². The van der Waals surface area contributed by atoms with Crippen LogP contribution in [0.4, 0.5) is 5.69 Å². The van der Waals surface area contributed by atoms with Crippen LogP contribution in [0.25, 0.3) is 6.08 Å². The monoisotopic (exact) mass is 380 g/mol. The summed E-state index contributed by atoms with van der Waals surface area (Å²) in [5.74, 6) is -1.33. The summed E-state index contributed by atoms with van der Waals surface area (Å²) in [6, 6.07) is 15.2. The van der Waals surface area contributed by atoms with Crippen molar-refractivity contribution >= 4 is 29.5 Å². The lowest BCUT2D eigenvalue weighted by Gasteiger charge is -2.11. The van der Waals surface area contributed by atoms with Gasteiger partial charge in [0.05, 0.1) is 13.1 Å². The molecule has 2 rings (SSSR count). The van der Waals surface area contributed by atoms with Gasteiger partial charge in [0, 0.05) is 11.8 Å². The smallest absolute Gasteiger partial charge is 0.257 e. The summed E-state index contributed by atoms with van der Waals surface area (Å²) >= 11 is 0. The van der Waals surface area contributed by atoms with Crippen molar-refractivity contribution < 1.29 is 14.4 Å². The Morgan fingerprint density at radius 3 is 2.25 bits per heavy atom. The number of anilines is 1. The lowest BCUT2D eigenvalue weighted by Crippen LogP contribution is -2.47. The molecular formula is C21H24N4O3. The summed E-state index contributed by atoms with van der Waals surface area (Å²) in [6.45, 7) is 3.71. The van der Waals surface area contributed by atoms with Gasteiger partial charge in [-0.15, -0.1) is 0 Å². The van der Waals surface area contributed by atoms with Crippen LogP contribution in [-0.4, -0.2) is 30.8 Å². The molecule has 0 heterocycles. The first-order valence-corrected chi connectivity index (χ1v) is 8.84. The van der Waals surface area contributed by atoms with Gasteiger partial charge in [-0.05, 0) is 37.1 Å². The minimum Gasteiger partial charge on any atom is -0.376 e. The minimum absolute atomic E-state index is 0.0103. The Bertz CT molecular complexity index is 863. The Kier molecular flexibility index (Phi) is 7.77. The van der Waals surface area contributed by atoms with Crippen molar-refractivity contribution in [1.29, 1.82) is 0 Å². The number of carbonyl (C=O) groups excluding carboxylic acids is 3. The van der Waals surface area contributed by atoms with E-state index in [2.05, 4.69) is 21.5 Å². The van der Waals surface area contributed by atoms with Gasteiger partial charge in [-0.2, -0.15) is 0 Å². The first-order valence-electron chi connectivity index (χ1n) is 8.84. The lowest BCUT2D eigenvalue weighted by atomic mass is 10.1. The summed E-state index contributed by atoms with van der Waals surface area (Å²) in [5, 5.41) is 5.45. The van der Waals surface area contributed by atoms with E-state index < -0.39 is 17.7 Å². The number of hydrogen-bond acceptors (Lipinski definition) is 4. The molecule has 146 valence electrons. The van der Waals surface area contributed by atoms with Crippen LogP contribution in [0.5, 0.6) is 0 Å². The molecular weight excluding hydrogens is 356 g/mol. The highest BCUT2D eigenvalue weighted by Crippen LogP contribution is 2.15. The highest BCUT2D eigenvalue weighted by atomic mass is 16.2. The standard InChI is InChI=1S/C21H24N4O3/c1-15-8-10-18(16(2)12-15)22-13-20(27)24-25-21(28)14-23-19(26)11-9-17-6-4-3-5-7-17/h3-12,22H,13-14H2,1-2H3,(H,23,26)(H,24,27)(H,25,28)/b11-9+. The van der Waals surface area contributed by atoms with E-state index in [1.54, 1.807) is 6.08 Å². The minimum atomic E-state index is -0.527. The van der Waals surface area contributed by atoms with E-state index in [9.17, 15) is 14.4 Å². The van der Waals surface area contributed by atoms with Crippen molar-refractivity contribution in [3.05, 3.63) is 71.3 Å². The maximum Gasteiger partial charge on any atom is 0.257 e. The molecule has 0 aliphatic carbocycles. The van der Waals surface area contributed by atoms with E-state index in [0.717, 1.165) is 22.4 Å². The molecule has 7 heteroatoms. The average Bonchev–Trinajstić information content (AvgIpc) is 2.69. The number of amides is 3. The highest BCUT2D eigenvalue weighted by Gasteiger charge is 2.06. The number of hydrazine groups is 1. The van der Waals surface area contributed by atoms with E-state index >= 15 is 0 Å². The fourth-order valence-corrected chi connectivity index (χ4v) is 2.38. The fraction of sp³-hybridized carbons (Fsp3) is 0.190. The molecule has 0 aliphatic rings. The average molecular weight is 380 g/mol. The van der Waals surface area contributed by atoms with Crippen molar-refractivity contribution in [3.8, 4) is 0 Å². The van der Waals surface area contributed by atoms with Crippen LogP contribution in [0.2, 0.25) is 0 Å². The molecule has 0 fully saturated rings. The van der Waals surface area contributed by atoms with Gasteiger partial charge in [-0.1, -0.05) is 48.0 Å². The van der Waals surface area contributed by atoms with Crippen molar-refractivity contribution in [2.24, 2.45) is 0 Å². The summed E-state index contributed by atoms with van der Waals surface area (Å²) in [5.41, 5.74) is 8.45. The molecule has 0 saturated heterocycles. The fourth-order valence-electron chi connectivity index (χ4n) is 2.38. The number of carbonyl (C=O) groups is 3. The maximum absolute atomic E-state index is 11.8. The zero-order chi connectivity index (χ0) is 20.4. The van der Waals surface area contributed by atoms with Crippen LogP contribution >= 0.6 is 0 Å². The molecule has 2 aromatic carbocycles. The number of hydrogen-bond donors (Lipinski definition) is 4. The zero-order valence-corrected chi connectivity index (χ0v) is 15.9. The van der Waals surface area contributed by atoms with Gasteiger partial charge in [0.1, 0.15) is 0 Å². The number of benzene rings is 2. The summed E-state index contributed by atoms with van der Waals surface area (Å²) in [7, 11) is 0. The molecule has 0 saturated carbocycles. The first kappa shape index (κ1) is 20.7. The van der Waals surface area contributed by atoms with Crippen molar-refractivity contribution in [3.63, 3.8) is 0 Å². The van der Waals surface area contributed by atoms with Gasteiger partial charge >= 0.3 is 0 Å². The van der Waals surface area contributed by atoms with Gasteiger partial charge in [-0.25, -0.2) is 0 Å². The largest absolute Gasteiger partial charge is 0.376 e. The van der Waals surface area contributed by atoms with Gasteiger partial charge in [-0.3, -0.25) is 25.2 Å². The molecule has 0 unspecified atom stereocenters. The van der Waals surface area contributed by atoms with E-state index in [1.807, 2.05) is 62.4 Å². The Morgan fingerprint density at radius 2 is 1.57 bits per heavy atom. The van der Waals surface area contributed by atoms with Crippen LogP contribution in [0, 0.1) is 13.8 Å². The Balaban J connectivity index is 1.65. The molecule has 28 heavy (non-hydrogen) atoms. The predicted octanol–water partition coefficient (Wildman–Crippen LogP) is 1.69. The van der Waals surface area contributed by atoms with E-state index in [-0.39, 0.29) is 13.1 Å². The van der Waals surface area contributed by atoms with Crippen molar-refractivity contribution in [1.82, 2.24) is 16.2 Å². The van der Waals surface area contributed by atoms with Crippen LogP contribution < -0.4 is 21.5 Å². The third kappa shape index (κ3) is 7.33. The Labute approximate surface area is 164 Å². The van der Waals surface area contributed by atoms with Gasteiger partial charge in [0.2, 0.25) is 5.91 Å². The van der Waals surface area contributed by atoms with Crippen LogP contribution in [0.1, 0.15) is 16.7 Å². The third-order valence-electron chi connectivity index (χ3n) is 3.81. The number of aryl methyl sites for hydroxylation is 2. The third-order valence-corrected chi connectivity index (χ3v) is 3.81. The van der Waals surface area contributed by atoms with E-state index in [4.69, 9.17) is 0 Å². The molecule has 4 N–H and O–H groups in total. The van der Waals surface area contributed by atoms with Crippen LogP contribution in [0.3, 0.4) is 0 Å². The Hall–Kier alpha value is -3.61. The molecule has 0 bridgehead atoms. The van der Waals surface area contributed by atoms with Crippen molar-refractivity contribution in [2.75, 3.05) is 18.4 Å². The summed E-state index contributed by atoms with van der Waals surface area (Å²) in [6.07, 6.45) is 2.99. The molecule has 0 spiro atoms. The summed E-state index contributed by atoms with van der Waals surface area (Å²) in [4.78, 5) is 35.2.